The van der Waals surface area contributed by atoms with Crippen molar-refractivity contribution in [3.8, 4) is 5.75 Å². The minimum absolute atomic E-state index is 0.168. The smallest absolute Gasteiger partial charge is 0.125 e. The van der Waals surface area contributed by atoms with Crippen molar-refractivity contribution in [1.82, 2.24) is 5.32 Å². The van der Waals surface area contributed by atoms with E-state index in [1.54, 1.807) is 0 Å². The Bertz CT molecular complexity index is 454. The normalized spacial score (nSPS) is 32.7. The molecule has 0 radical (unpaired) electrons. The van der Waals surface area contributed by atoms with E-state index >= 15 is 0 Å². The minimum atomic E-state index is 0.168. The van der Waals surface area contributed by atoms with Crippen molar-refractivity contribution in [2.45, 2.75) is 43.4 Å². The number of hydrogen-bond donors (Lipinski definition) is 1. The molecule has 2 aliphatic heterocycles. The lowest BCUT2D eigenvalue weighted by Crippen LogP contribution is -2.61. The monoisotopic (exact) mass is 245 g/mol. The lowest BCUT2D eigenvalue weighted by molar-refractivity contribution is -0.0819. The number of benzene rings is 1. The highest BCUT2D eigenvalue weighted by atomic mass is 16.5. The molecule has 2 atom stereocenters. The molecule has 0 bridgehead atoms. The van der Waals surface area contributed by atoms with Crippen LogP contribution in [0.15, 0.2) is 24.3 Å². The van der Waals surface area contributed by atoms with Gasteiger partial charge in [-0.1, -0.05) is 31.0 Å². The van der Waals surface area contributed by atoms with Gasteiger partial charge in [-0.2, -0.15) is 0 Å². The summed E-state index contributed by atoms with van der Waals surface area (Å²) in [5, 5.41) is 3.82. The molecule has 1 N–H and O–H groups in total. The Hall–Kier alpha value is -1.06. The van der Waals surface area contributed by atoms with Crippen LogP contribution in [-0.2, 0) is 4.74 Å². The van der Waals surface area contributed by atoms with Gasteiger partial charge < -0.3 is 14.8 Å². The van der Waals surface area contributed by atoms with Gasteiger partial charge in [0, 0.05) is 11.1 Å². The highest BCUT2D eigenvalue weighted by Crippen LogP contribution is 2.41. The van der Waals surface area contributed by atoms with Crippen LogP contribution in [0.2, 0.25) is 0 Å². The van der Waals surface area contributed by atoms with Gasteiger partial charge in [0.25, 0.3) is 0 Å². The molecule has 3 aliphatic rings. The summed E-state index contributed by atoms with van der Waals surface area (Å²) in [4.78, 5) is 0. The Morgan fingerprint density at radius 3 is 2.89 bits per heavy atom. The lowest BCUT2D eigenvalue weighted by Gasteiger charge is -2.46. The number of hydrogen-bond acceptors (Lipinski definition) is 3. The number of ether oxygens (including phenoxy) is 2. The summed E-state index contributed by atoms with van der Waals surface area (Å²) in [5.41, 5.74) is 1.44. The maximum absolute atomic E-state index is 6.20. The van der Waals surface area contributed by atoms with E-state index in [0.29, 0.717) is 6.04 Å². The number of para-hydroxylation sites is 1. The zero-order valence-corrected chi connectivity index (χ0v) is 10.5. The molecule has 1 aromatic carbocycles. The zero-order valence-electron chi connectivity index (χ0n) is 10.5. The number of morpholine rings is 1. The first-order valence-electron chi connectivity index (χ1n) is 6.97. The van der Waals surface area contributed by atoms with Crippen molar-refractivity contribution < 1.29 is 9.47 Å². The van der Waals surface area contributed by atoms with E-state index in [2.05, 4.69) is 17.4 Å². The number of rotatable bonds is 0. The molecule has 1 saturated carbocycles. The first-order chi connectivity index (χ1) is 8.86. The molecule has 4 rings (SSSR count). The van der Waals surface area contributed by atoms with Crippen LogP contribution in [0.3, 0.4) is 0 Å². The van der Waals surface area contributed by atoms with E-state index in [4.69, 9.17) is 9.47 Å². The van der Waals surface area contributed by atoms with Gasteiger partial charge in [0.05, 0.1) is 12.6 Å². The number of fused-ring (bicyclic) bond motifs is 3. The summed E-state index contributed by atoms with van der Waals surface area (Å²) >= 11 is 0. The van der Waals surface area contributed by atoms with Crippen LogP contribution in [0.5, 0.6) is 5.75 Å². The lowest BCUT2D eigenvalue weighted by atomic mass is 9.90. The fourth-order valence-electron chi connectivity index (χ4n) is 3.68. The quantitative estimate of drug-likeness (QED) is 0.761. The minimum Gasteiger partial charge on any atom is -0.491 e. The third-order valence-electron chi connectivity index (χ3n) is 4.60. The third kappa shape index (κ3) is 1.57. The SMILES string of the molecule is c1ccc2c(c1)OCC1NC3(CCCC3)COC21. The van der Waals surface area contributed by atoms with Crippen molar-refractivity contribution in [3.05, 3.63) is 29.8 Å². The van der Waals surface area contributed by atoms with E-state index in [0.717, 1.165) is 19.0 Å². The number of nitrogens with one attached hydrogen (secondary N) is 1. The summed E-state index contributed by atoms with van der Waals surface area (Å²) in [6.45, 7) is 1.58. The van der Waals surface area contributed by atoms with Crippen molar-refractivity contribution in [3.63, 3.8) is 0 Å². The van der Waals surface area contributed by atoms with Crippen molar-refractivity contribution in [1.29, 1.82) is 0 Å². The first kappa shape index (κ1) is 10.8. The topological polar surface area (TPSA) is 30.5 Å². The van der Waals surface area contributed by atoms with Crippen LogP contribution < -0.4 is 10.1 Å². The summed E-state index contributed by atoms with van der Waals surface area (Å²) in [7, 11) is 0. The van der Waals surface area contributed by atoms with E-state index in [1.807, 2.05) is 12.1 Å². The second-order valence-electron chi connectivity index (χ2n) is 5.82. The maximum atomic E-state index is 6.20. The van der Waals surface area contributed by atoms with Gasteiger partial charge in [0.2, 0.25) is 0 Å². The van der Waals surface area contributed by atoms with E-state index < -0.39 is 0 Å². The maximum Gasteiger partial charge on any atom is 0.125 e. The predicted molar refractivity (Wildman–Crippen MR) is 68.8 cm³/mol. The molecule has 2 fully saturated rings. The molecule has 96 valence electrons. The molecule has 0 aromatic heterocycles. The zero-order chi connectivity index (χ0) is 12.0. The Morgan fingerprint density at radius 2 is 2.00 bits per heavy atom. The van der Waals surface area contributed by atoms with Gasteiger partial charge in [-0.15, -0.1) is 0 Å². The van der Waals surface area contributed by atoms with Crippen molar-refractivity contribution in [2.75, 3.05) is 13.2 Å². The summed E-state index contributed by atoms with van der Waals surface area (Å²) in [6, 6.07) is 8.56. The molecule has 2 unspecified atom stereocenters. The van der Waals surface area contributed by atoms with Gasteiger partial charge in [0.15, 0.2) is 0 Å². The predicted octanol–water partition coefficient (Wildman–Crippen LogP) is 2.42. The van der Waals surface area contributed by atoms with Gasteiger partial charge in [-0.05, 0) is 18.9 Å². The first-order valence-corrected chi connectivity index (χ1v) is 6.97. The van der Waals surface area contributed by atoms with E-state index in [-0.39, 0.29) is 11.6 Å². The highest BCUT2D eigenvalue weighted by molar-refractivity contribution is 5.38. The molecule has 1 spiro atoms. The summed E-state index contributed by atoms with van der Waals surface area (Å²) in [5.74, 6) is 0.989. The van der Waals surface area contributed by atoms with Crippen molar-refractivity contribution in [2.24, 2.45) is 0 Å². The van der Waals surface area contributed by atoms with E-state index in [1.165, 1.54) is 31.2 Å². The Morgan fingerprint density at radius 1 is 1.17 bits per heavy atom. The Balaban J connectivity index is 1.62. The summed E-state index contributed by atoms with van der Waals surface area (Å²) in [6.07, 6.45) is 5.31. The highest BCUT2D eigenvalue weighted by Gasteiger charge is 2.45. The van der Waals surface area contributed by atoms with Gasteiger partial charge in [0.1, 0.15) is 18.5 Å². The molecule has 1 aromatic rings. The van der Waals surface area contributed by atoms with Crippen LogP contribution >= 0.6 is 0 Å². The standard InChI is InChI=1S/C15H19NO2/c1-2-6-13-11(5-1)14-12(9-17-13)16-15(10-18-14)7-3-4-8-15/h1-2,5-6,12,14,16H,3-4,7-10H2. The second kappa shape index (κ2) is 3.97. The third-order valence-corrected chi connectivity index (χ3v) is 4.60. The van der Waals surface area contributed by atoms with Gasteiger partial charge in [-0.25, -0.2) is 0 Å². The van der Waals surface area contributed by atoms with Crippen molar-refractivity contribution >= 4 is 0 Å². The molecule has 18 heavy (non-hydrogen) atoms. The molecular formula is C15H19NO2. The molecule has 0 amide bonds. The summed E-state index contributed by atoms with van der Waals surface area (Å²) < 4.78 is 12.1. The second-order valence-corrected chi connectivity index (χ2v) is 5.82. The molecule has 3 heteroatoms. The van der Waals surface area contributed by atoms with Gasteiger partial charge in [-0.3, -0.25) is 0 Å². The van der Waals surface area contributed by atoms with Crippen LogP contribution in [0.25, 0.3) is 0 Å². The van der Waals surface area contributed by atoms with Crippen LogP contribution in [0.4, 0.5) is 0 Å². The van der Waals surface area contributed by atoms with Crippen LogP contribution in [0.1, 0.15) is 37.4 Å². The molecule has 1 saturated heterocycles. The van der Waals surface area contributed by atoms with E-state index in [9.17, 15) is 0 Å². The Kier molecular flexibility index (Phi) is 2.39. The molecule has 1 aliphatic carbocycles. The fraction of sp³-hybridized carbons (Fsp3) is 0.600. The average molecular weight is 245 g/mol. The fourth-order valence-corrected chi connectivity index (χ4v) is 3.68. The molecule has 3 nitrogen and oxygen atoms in total. The molecular weight excluding hydrogens is 226 g/mol. The molecule has 2 heterocycles. The van der Waals surface area contributed by atoms with Crippen LogP contribution in [0, 0.1) is 0 Å². The van der Waals surface area contributed by atoms with Crippen LogP contribution in [-0.4, -0.2) is 24.8 Å². The average Bonchev–Trinajstić information content (AvgIpc) is 2.86. The largest absolute Gasteiger partial charge is 0.491 e. The Labute approximate surface area is 107 Å². The van der Waals surface area contributed by atoms with Gasteiger partial charge >= 0.3 is 0 Å².